The minimum absolute atomic E-state index is 0.182. The highest BCUT2D eigenvalue weighted by Crippen LogP contribution is 2.38. The molecule has 0 aliphatic carbocycles. The van der Waals surface area contributed by atoms with Gasteiger partial charge in [0.25, 0.3) is 5.91 Å². The van der Waals surface area contributed by atoms with E-state index in [1.54, 1.807) is 29.2 Å². The van der Waals surface area contributed by atoms with Gasteiger partial charge in [-0.05, 0) is 12.5 Å². The Hall–Kier alpha value is -3.86. The van der Waals surface area contributed by atoms with Gasteiger partial charge in [0.05, 0.1) is 18.4 Å². The fraction of sp³-hybridized carbons (Fsp3) is 0.333. The van der Waals surface area contributed by atoms with Crippen molar-refractivity contribution in [1.29, 1.82) is 0 Å². The van der Waals surface area contributed by atoms with Gasteiger partial charge in [-0.3, -0.25) is 24.4 Å². The number of benzene rings is 1. The van der Waals surface area contributed by atoms with Gasteiger partial charge in [-0.25, -0.2) is 4.68 Å². The molecule has 162 valence electrons. The van der Waals surface area contributed by atoms with Crippen LogP contribution >= 0.6 is 0 Å². The lowest BCUT2D eigenvalue weighted by atomic mass is 10.0. The van der Waals surface area contributed by atoms with Crippen molar-refractivity contribution >= 4 is 17.7 Å². The van der Waals surface area contributed by atoms with Gasteiger partial charge in [-0.2, -0.15) is 5.10 Å². The van der Waals surface area contributed by atoms with Crippen molar-refractivity contribution in [1.82, 2.24) is 40.3 Å². The highest BCUT2D eigenvalue weighted by molar-refractivity contribution is 6.05. The monoisotopic (exact) mass is 432 g/mol. The van der Waals surface area contributed by atoms with Crippen molar-refractivity contribution in [3.8, 4) is 11.3 Å². The van der Waals surface area contributed by atoms with Crippen molar-refractivity contribution in [3.63, 3.8) is 0 Å². The van der Waals surface area contributed by atoms with Crippen LogP contribution in [0.25, 0.3) is 11.3 Å². The van der Waals surface area contributed by atoms with Crippen molar-refractivity contribution < 1.29 is 14.4 Å². The zero-order chi connectivity index (χ0) is 21.8. The van der Waals surface area contributed by atoms with Crippen LogP contribution < -0.4 is 10.6 Å². The van der Waals surface area contributed by atoms with E-state index in [2.05, 4.69) is 26.0 Å². The van der Waals surface area contributed by atoms with E-state index >= 15 is 0 Å². The van der Waals surface area contributed by atoms with E-state index in [4.69, 9.17) is 0 Å². The van der Waals surface area contributed by atoms with Crippen molar-refractivity contribution in [2.75, 3.05) is 13.1 Å². The fourth-order valence-corrected chi connectivity index (χ4v) is 4.51. The highest BCUT2D eigenvalue weighted by Gasteiger charge is 2.46. The number of nitrogens with one attached hydrogen (secondary N) is 2. The third-order valence-corrected chi connectivity index (χ3v) is 6.31. The Balaban J connectivity index is 1.37. The summed E-state index contributed by atoms with van der Waals surface area (Å²) >= 11 is 0. The van der Waals surface area contributed by atoms with Gasteiger partial charge in [-0.1, -0.05) is 23.4 Å². The maximum atomic E-state index is 13.3. The molecule has 2 N–H and O–H groups in total. The van der Waals surface area contributed by atoms with E-state index in [-0.39, 0.29) is 24.7 Å². The largest absolute Gasteiger partial charge is 0.312 e. The molecule has 5 heterocycles. The van der Waals surface area contributed by atoms with E-state index in [1.165, 1.54) is 4.90 Å². The number of carbonyl (C=O) groups excluding carboxylic acids is 3. The van der Waals surface area contributed by atoms with Gasteiger partial charge in [-0.15, -0.1) is 5.10 Å². The summed E-state index contributed by atoms with van der Waals surface area (Å²) in [5.41, 5.74) is 2.72. The zero-order valence-electron chi connectivity index (χ0n) is 17.0. The number of amides is 3. The second kappa shape index (κ2) is 7.09. The van der Waals surface area contributed by atoms with Crippen molar-refractivity contribution in [2.24, 2.45) is 0 Å². The molecule has 32 heavy (non-hydrogen) atoms. The van der Waals surface area contributed by atoms with E-state index < -0.39 is 18.1 Å². The number of hydrogen-bond acceptors (Lipinski definition) is 7. The summed E-state index contributed by atoms with van der Waals surface area (Å²) < 4.78 is 3.51. The minimum atomic E-state index is -0.765. The number of rotatable bonds is 4. The Morgan fingerprint density at radius 3 is 2.66 bits per heavy atom. The molecule has 2 atom stereocenters. The first-order chi connectivity index (χ1) is 15.6. The predicted octanol–water partition coefficient (Wildman–Crippen LogP) is 0.0938. The van der Waals surface area contributed by atoms with Crippen molar-refractivity contribution in [2.45, 2.75) is 31.1 Å². The lowest BCUT2D eigenvalue weighted by Crippen LogP contribution is -2.54. The van der Waals surface area contributed by atoms with E-state index in [0.717, 1.165) is 24.2 Å². The van der Waals surface area contributed by atoms with Gasteiger partial charge in [0.2, 0.25) is 11.8 Å². The van der Waals surface area contributed by atoms with Crippen LogP contribution in [0.4, 0.5) is 0 Å². The molecule has 2 saturated heterocycles. The molecule has 2 aromatic heterocycles. The van der Waals surface area contributed by atoms with Crippen LogP contribution in [-0.4, -0.2) is 66.5 Å². The predicted molar refractivity (Wildman–Crippen MR) is 110 cm³/mol. The summed E-state index contributed by atoms with van der Waals surface area (Å²) in [6.45, 7) is 1.77. The van der Waals surface area contributed by atoms with Gasteiger partial charge in [0.1, 0.15) is 11.7 Å². The molecule has 0 spiro atoms. The van der Waals surface area contributed by atoms with Gasteiger partial charge < -0.3 is 10.2 Å². The summed E-state index contributed by atoms with van der Waals surface area (Å²) in [6, 6.07) is 6.80. The quantitative estimate of drug-likeness (QED) is 0.560. The van der Waals surface area contributed by atoms with E-state index in [9.17, 15) is 14.4 Å². The molecule has 2 fully saturated rings. The van der Waals surface area contributed by atoms with Crippen LogP contribution in [0.15, 0.2) is 42.9 Å². The number of hydrogen-bond donors (Lipinski definition) is 2. The first-order valence-electron chi connectivity index (χ1n) is 10.5. The summed E-state index contributed by atoms with van der Waals surface area (Å²) in [6.07, 6.45) is 5.27. The molecule has 2 unspecified atom stereocenters. The highest BCUT2D eigenvalue weighted by atomic mass is 16.2. The molecule has 0 bridgehead atoms. The molecular formula is C21H20N8O3. The van der Waals surface area contributed by atoms with Gasteiger partial charge >= 0.3 is 0 Å². The third kappa shape index (κ3) is 2.85. The fourth-order valence-electron chi connectivity index (χ4n) is 4.51. The van der Waals surface area contributed by atoms with Crippen LogP contribution in [0.3, 0.4) is 0 Å². The number of aromatic nitrogens is 5. The van der Waals surface area contributed by atoms with Crippen LogP contribution in [-0.2, 0) is 9.59 Å². The van der Waals surface area contributed by atoms with Crippen LogP contribution in [0, 0.1) is 0 Å². The van der Waals surface area contributed by atoms with Gasteiger partial charge in [0, 0.05) is 42.4 Å². The molecule has 3 amide bonds. The van der Waals surface area contributed by atoms with Crippen LogP contribution in [0.2, 0.25) is 0 Å². The summed E-state index contributed by atoms with van der Waals surface area (Å²) in [7, 11) is 0. The number of fused-ring (bicyclic) bond motifs is 1. The molecule has 1 aromatic carbocycles. The molecule has 0 saturated carbocycles. The number of imide groups is 1. The van der Waals surface area contributed by atoms with E-state index in [0.29, 0.717) is 17.3 Å². The molecule has 11 nitrogen and oxygen atoms in total. The smallest absolute Gasteiger partial charge is 0.256 e. The lowest BCUT2D eigenvalue weighted by molar-refractivity contribution is -0.137. The summed E-state index contributed by atoms with van der Waals surface area (Å²) in [4.78, 5) is 39.0. The summed E-state index contributed by atoms with van der Waals surface area (Å²) in [5.74, 6) is -1.06. The van der Waals surface area contributed by atoms with Gasteiger partial charge in [0.15, 0.2) is 6.17 Å². The first kappa shape index (κ1) is 18.9. The van der Waals surface area contributed by atoms with Crippen molar-refractivity contribution in [3.05, 3.63) is 54.0 Å². The number of carbonyl (C=O) groups is 3. The summed E-state index contributed by atoms with van der Waals surface area (Å²) in [5, 5.41) is 18.6. The maximum absolute atomic E-state index is 13.3. The molecule has 3 aliphatic heterocycles. The first-order valence-corrected chi connectivity index (χ1v) is 10.5. The van der Waals surface area contributed by atoms with Crippen LogP contribution in [0.1, 0.15) is 41.0 Å². The average Bonchev–Trinajstić information content (AvgIpc) is 3.46. The Morgan fingerprint density at radius 2 is 1.88 bits per heavy atom. The zero-order valence-corrected chi connectivity index (χ0v) is 17.0. The second-order valence-electron chi connectivity index (χ2n) is 8.25. The second-order valence-corrected chi connectivity index (χ2v) is 8.25. The van der Waals surface area contributed by atoms with Crippen LogP contribution in [0.5, 0.6) is 0 Å². The topological polar surface area (TPSA) is 127 Å². The lowest BCUT2D eigenvalue weighted by Gasteiger charge is -2.34. The standard InChI is InChI=1S/C21H20N8O3/c30-18-6-5-17(19(31)24-18)29-20(14-3-1-2-4-15(14)21(29)32)28-11-16(25-26-28)12-7-23-27(10-12)13-8-22-9-13/h1-4,7,10-11,13,17,20,22H,5-6,8-9H2,(H,24,30,31). The normalized spacial score (nSPS) is 23.2. The maximum Gasteiger partial charge on any atom is 0.256 e. The molecule has 0 radical (unpaired) electrons. The number of nitrogens with zero attached hydrogens (tertiary/aromatic N) is 6. The third-order valence-electron chi connectivity index (χ3n) is 6.31. The Morgan fingerprint density at radius 1 is 1.03 bits per heavy atom. The molecule has 6 rings (SSSR count). The Kier molecular flexibility index (Phi) is 4.18. The average molecular weight is 432 g/mol. The Bertz CT molecular complexity index is 1240. The molecule has 11 heteroatoms. The number of piperidine rings is 1. The molecule has 3 aliphatic rings. The molecule has 3 aromatic rings. The Labute approximate surface area is 182 Å². The molecular weight excluding hydrogens is 412 g/mol. The SMILES string of the molecule is O=C1CCC(N2C(=O)c3ccccc3C2n2cc(-c3cnn(C4CNC4)c3)nn2)C(=O)N1. The minimum Gasteiger partial charge on any atom is -0.312 e. The van der Waals surface area contributed by atoms with E-state index in [1.807, 2.05) is 23.0 Å².